The number of amides is 5. The van der Waals surface area contributed by atoms with Crippen LogP contribution in [0.15, 0.2) is 30.3 Å². The fraction of sp³-hybridized carbons (Fsp3) is 0.577. The van der Waals surface area contributed by atoms with Crippen molar-refractivity contribution in [3.63, 3.8) is 0 Å². The molecule has 0 aliphatic carbocycles. The quantitative estimate of drug-likeness (QED) is 0.417. The van der Waals surface area contributed by atoms with Gasteiger partial charge in [-0.05, 0) is 39.2 Å². The molecule has 5 amide bonds. The van der Waals surface area contributed by atoms with Crippen LogP contribution in [0.25, 0.3) is 0 Å². The summed E-state index contributed by atoms with van der Waals surface area (Å²) < 4.78 is 5.23. The Morgan fingerprint density at radius 1 is 0.921 bits per heavy atom. The van der Waals surface area contributed by atoms with Crippen molar-refractivity contribution in [1.82, 2.24) is 25.8 Å². The number of likely N-dealkylation sites (tertiary alicyclic amines) is 1. The van der Waals surface area contributed by atoms with E-state index in [2.05, 4.69) is 16.0 Å². The zero-order valence-electron chi connectivity index (χ0n) is 22.1. The standard InChI is InChI=1S/C26H37N5O6S/c1-17(29-26(36)30-12-14-37-15-13-30)22(32)27-18(2)24(34)31-11-7-10-21(31)23(33)28-19(3)25(35)38-16-20-8-5-4-6-9-20/h4-6,8-9,17-19,21H,7,10-16H2,1-3H3,(H,27,32)(H,28,33)(H,29,36). The van der Waals surface area contributed by atoms with Gasteiger partial charge in [0.2, 0.25) is 22.8 Å². The predicted molar refractivity (Wildman–Crippen MR) is 143 cm³/mol. The van der Waals surface area contributed by atoms with Crippen LogP contribution in [0.1, 0.15) is 39.2 Å². The summed E-state index contributed by atoms with van der Waals surface area (Å²) in [5, 5.41) is 7.86. The number of hydrogen-bond donors (Lipinski definition) is 3. The van der Waals surface area contributed by atoms with E-state index in [0.717, 1.165) is 17.3 Å². The van der Waals surface area contributed by atoms with E-state index >= 15 is 0 Å². The molecule has 0 bridgehead atoms. The Kier molecular flexibility index (Phi) is 11.0. The Labute approximate surface area is 227 Å². The average molecular weight is 548 g/mol. The van der Waals surface area contributed by atoms with Crippen LogP contribution in [0.5, 0.6) is 0 Å². The summed E-state index contributed by atoms with van der Waals surface area (Å²) in [4.78, 5) is 66.6. The molecule has 4 unspecified atom stereocenters. The Hall–Kier alpha value is -3.12. The van der Waals surface area contributed by atoms with E-state index in [0.29, 0.717) is 51.4 Å². The van der Waals surface area contributed by atoms with Gasteiger partial charge in [-0.3, -0.25) is 19.2 Å². The second-order valence-corrected chi connectivity index (χ2v) is 10.5. The Morgan fingerprint density at radius 3 is 2.29 bits per heavy atom. The van der Waals surface area contributed by atoms with Crippen LogP contribution >= 0.6 is 11.8 Å². The number of thioether (sulfide) groups is 1. The highest BCUT2D eigenvalue weighted by Crippen LogP contribution is 2.20. The maximum absolute atomic E-state index is 13.1. The van der Waals surface area contributed by atoms with Crippen LogP contribution in [0, 0.1) is 0 Å². The Bertz CT molecular complexity index is 1000. The molecule has 1 aromatic rings. The summed E-state index contributed by atoms with van der Waals surface area (Å²) in [6.07, 6.45) is 1.11. The van der Waals surface area contributed by atoms with Gasteiger partial charge in [0.25, 0.3) is 0 Å². The lowest BCUT2D eigenvalue weighted by atomic mass is 10.1. The van der Waals surface area contributed by atoms with Crippen molar-refractivity contribution in [1.29, 1.82) is 0 Å². The number of rotatable bonds is 9. The third kappa shape index (κ3) is 8.19. The van der Waals surface area contributed by atoms with E-state index in [9.17, 15) is 24.0 Å². The molecular formula is C26H37N5O6S. The first kappa shape index (κ1) is 29.4. The summed E-state index contributed by atoms with van der Waals surface area (Å²) in [7, 11) is 0. The molecule has 0 radical (unpaired) electrons. The molecule has 11 nitrogen and oxygen atoms in total. The van der Waals surface area contributed by atoms with Gasteiger partial charge in [-0.25, -0.2) is 4.79 Å². The molecule has 2 heterocycles. The summed E-state index contributed by atoms with van der Waals surface area (Å²) in [5.41, 5.74) is 1.02. The van der Waals surface area contributed by atoms with Crippen LogP contribution in [0.4, 0.5) is 4.79 Å². The number of hydrogen-bond acceptors (Lipinski definition) is 7. The maximum Gasteiger partial charge on any atom is 0.318 e. The molecule has 2 aliphatic rings. The minimum absolute atomic E-state index is 0.160. The van der Waals surface area contributed by atoms with Crippen LogP contribution < -0.4 is 16.0 Å². The van der Waals surface area contributed by atoms with Crippen LogP contribution in [0.2, 0.25) is 0 Å². The second kappa shape index (κ2) is 14.1. The van der Waals surface area contributed by atoms with Crippen molar-refractivity contribution in [2.75, 3.05) is 32.8 Å². The molecule has 1 aromatic carbocycles. The molecule has 3 rings (SSSR count). The molecule has 0 saturated carbocycles. The predicted octanol–water partition coefficient (Wildman–Crippen LogP) is 0.877. The third-order valence-corrected chi connectivity index (χ3v) is 7.65. The van der Waals surface area contributed by atoms with E-state index in [1.807, 2.05) is 30.3 Å². The van der Waals surface area contributed by atoms with Gasteiger partial charge < -0.3 is 30.5 Å². The fourth-order valence-corrected chi connectivity index (χ4v) is 5.09. The molecule has 0 spiro atoms. The van der Waals surface area contributed by atoms with Crippen molar-refractivity contribution in [2.24, 2.45) is 0 Å². The Morgan fingerprint density at radius 2 is 1.61 bits per heavy atom. The summed E-state index contributed by atoms with van der Waals surface area (Å²) >= 11 is 1.14. The first-order valence-electron chi connectivity index (χ1n) is 12.9. The first-order valence-corrected chi connectivity index (χ1v) is 13.9. The molecule has 2 aliphatic heterocycles. The molecule has 0 aromatic heterocycles. The average Bonchev–Trinajstić information content (AvgIpc) is 3.42. The first-order chi connectivity index (χ1) is 18.2. The summed E-state index contributed by atoms with van der Waals surface area (Å²) in [6, 6.07) is 6.07. The normalized spacial score (nSPS) is 19.7. The second-order valence-electron chi connectivity index (χ2n) is 9.51. The van der Waals surface area contributed by atoms with Gasteiger partial charge in [-0.2, -0.15) is 0 Å². The van der Waals surface area contributed by atoms with Gasteiger partial charge in [-0.15, -0.1) is 0 Å². The highest BCUT2D eigenvalue weighted by Gasteiger charge is 2.37. The highest BCUT2D eigenvalue weighted by atomic mass is 32.2. The van der Waals surface area contributed by atoms with Crippen molar-refractivity contribution >= 4 is 40.6 Å². The number of ether oxygens (including phenoxy) is 1. The summed E-state index contributed by atoms with van der Waals surface area (Å²) in [5.74, 6) is -0.764. The molecule has 2 saturated heterocycles. The minimum atomic E-state index is -0.890. The molecular weight excluding hydrogens is 510 g/mol. The van der Waals surface area contributed by atoms with E-state index in [1.54, 1.807) is 25.7 Å². The van der Waals surface area contributed by atoms with Gasteiger partial charge in [0.05, 0.1) is 19.3 Å². The Balaban J connectivity index is 1.47. The topological polar surface area (TPSA) is 137 Å². The molecule has 3 N–H and O–H groups in total. The molecule has 4 atom stereocenters. The number of morpholine rings is 1. The van der Waals surface area contributed by atoms with Crippen molar-refractivity contribution in [2.45, 2.75) is 63.5 Å². The number of carbonyl (C=O) groups excluding carboxylic acids is 5. The van der Waals surface area contributed by atoms with Gasteiger partial charge >= 0.3 is 6.03 Å². The minimum Gasteiger partial charge on any atom is -0.378 e. The lowest BCUT2D eigenvalue weighted by Gasteiger charge is -2.29. The SMILES string of the molecule is CC(NC(=O)N1CCOCC1)C(=O)NC(C)C(=O)N1CCCC1C(=O)NC(C)C(=O)SCc1ccccc1. The van der Waals surface area contributed by atoms with Crippen LogP contribution in [0.3, 0.4) is 0 Å². The van der Waals surface area contributed by atoms with Crippen molar-refractivity contribution < 1.29 is 28.7 Å². The number of benzene rings is 1. The summed E-state index contributed by atoms with van der Waals surface area (Å²) in [6.45, 7) is 6.90. The van der Waals surface area contributed by atoms with E-state index in [-0.39, 0.29) is 23.0 Å². The van der Waals surface area contributed by atoms with Gasteiger partial charge in [0, 0.05) is 25.4 Å². The van der Waals surface area contributed by atoms with Crippen LogP contribution in [-0.2, 0) is 29.7 Å². The molecule has 208 valence electrons. The molecule has 2 fully saturated rings. The lowest BCUT2D eigenvalue weighted by Crippen LogP contribution is -2.57. The van der Waals surface area contributed by atoms with Gasteiger partial charge in [0.15, 0.2) is 0 Å². The highest BCUT2D eigenvalue weighted by molar-refractivity contribution is 8.13. The van der Waals surface area contributed by atoms with Gasteiger partial charge in [0.1, 0.15) is 18.1 Å². The molecule has 38 heavy (non-hydrogen) atoms. The monoisotopic (exact) mass is 547 g/mol. The van der Waals surface area contributed by atoms with E-state index < -0.39 is 30.1 Å². The van der Waals surface area contributed by atoms with E-state index in [4.69, 9.17) is 4.74 Å². The third-order valence-electron chi connectivity index (χ3n) is 6.54. The number of nitrogens with one attached hydrogen (secondary N) is 3. The largest absolute Gasteiger partial charge is 0.378 e. The molecule has 12 heteroatoms. The lowest BCUT2D eigenvalue weighted by molar-refractivity contribution is -0.141. The van der Waals surface area contributed by atoms with Crippen molar-refractivity contribution in [3.05, 3.63) is 35.9 Å². The number of urea groups is 1. The van der Waals surface area contributed by atoms with E-state index in [1.165, 1.54) is 4.90 Å². The number of carbonyl (C=O) groups is 5. The van der Waals surface area contributed by atoms with Crippen LogP contribution in [-0.4, -0.2) is 95.7 Å². The zero-order valence-corrected chi connectivity index (χ0v) is 22.9. The van der Waals surface area contributed by atoms with Crippen molar-refractivity contribution in [3.8, 4) is 0 Å². The number of nitrogens with zero attached hydrogens (tertiary/aromatic N) is 2. The van der Waals surface area contributed by atoms with Gasteiger partial charge in [-0.1, -0.05) is 42.1 Å². The maximum atomic E-state index is 13.1. The smallest absolute Gasteiger partial charge is 0.318 e. The fourth-order valence-electron chi connectivity index (χ4n) is 4.28. The zero-order chi connectivity index (χ0) is 27.7.